The second-order valence-electron chi connectivity index (χ2n) is 5.03. The number of carbonyl (C=O) groups is 1. The SMILES string of the molecule is CCOC(=O)C1CCC(Nc2ccccc2N)CC1. The van der Waals surface area contributed by atoms with E-state index in [1.54, 1.807) is 0 Å². The Morgan fingerprint density at radius 3 is 2.63 bits per heavy atom. The van der Waals surface area contributed by atoms with Crippen LogP contribution in [-0.2, 0) is 9.53 Å². The molecule has 0 aliphatic heterocycles. The van der Waals surface area contributed by atoms with Gasteiger partial charge in [0.15, 0.2) is 0 Å². The molecule has 0 amide bonds. The van der Waals surface area contributed by atoms with Gasteiger partial charge >= 0.3 is 5.97 Å². The Bertz CT molecular complexity index is 426. The van der Waals surface area contributed by atoms with Crippen LogP contribution in [0.2, 0.25) is 0 Å². The number of hydrogen-bond donors (Lipinski definition) is 2. The second-order valence-corrected chi connectivity index (χ2v) is 5.03. The third-order valence-corrected chi connectivity index (χ3v) is 3.67. The Balaban J connectivity index is 1.84. The lowest BCUT2D eigenvalue weighted by Crippen LogP contribution is -2.30. The van der Waals surface area contributed by atoms with E-state index in [2.05, 4.69) is 5.32 Å². The van der Waals surface area contributed by atoms with Crippen LogP contribution in [0.3, 0.4) is 0 Å². The molecule has 0 heterocycles. The van der Waals surface area contributed by atoms with Crippen LogP contribution in [0, 0.1) is 5.92 Å². The van der Waals surface area contributed by atoms with E-state index >= 15 is 0 Å². The minimum Gasteiger partial charge on any atom is -0.466 e. The molecular weight excluding hydrogens is 240 g/mol. The van der Waals surface area contributed by atoms with E-state index in [9.17, 15) is 4.79 Å². The summed E-state index contributed by atoms with van der Waals surface area (Å²) in [6.45, 7) is 2.32. The van der Waals surface area contributed by atoms with Gasteiger partial charge in [-0.1, -0.05) is 12.1 Å². The Hall–Kier alpha value is -1.71. The summed E-state index contributed by atoms with van der Waals surface area (Å²) in [4.78, 5) is 11.7. The molecule has 0 bridgehead atoms. The molecular formula is C15H22N2O2. The maximum Gasteiger partial charge on any atom is 0.308 e. The number of rotatable bonds is 4. The zero-order chi connectivity index (χ0) is 13.7. The van der Waals surface area contributed by atoms with Crippen LogP contribution >= 0.6 is 0 Å². The van der Waals surface area contributed by atoms with Gasteiger partial charge in [0.1, 0.15) is 0 Å². The average molecular weight is 262 g/mol. The van der Waals surface area contributed by atoms with Gasteiger partial charge in [-0.2, -0.15) is 0 Å². The maximum absolute atomic E-state index is 11.7. The van der Waals surface area contributed by atoms with Crippen molar-refractivity contribution in [3.63, 3.8) is 0 Å². The molecule has 0 radical (unpaired) electrons. The van der Waals surface area contributed by atoms with Crippen molar-refractivity contribution in [2.45, 2.75) is 38.6 Å². The van der Waals surface area contributed by atoms with Crippen molar-refractivity contribution < 1.29 is 9.53 Å². The van der Waals surface area contributed by atoms with Crippen LogP contribution in [0.25, 0.3) is 0 Å². The van der Waals surface area contributed by atoms with Crippen molar-refractivity contribution in [2.75, 3.05) is 17.7 Å². The number of benzene rings is 1. The molecule has 0 saturated heterocycles. The lowest BCUT2D eigenvalue weighted by molar-refractivity contribution is -0.149. The van der Waals surface area contributed by atoms with Crippen molar-refractivity contribution in [1.29, 1.82) is 0 Å². The van der Waals surface area contributed by atoms with Gasteiger partial charge in [0.05, 0.1) is 23.9 Å². The standard InChI is InChI=1S/C15H22N2O2/c1-2-19-15(18)11-7-9-12(10-8-11)17-14-6-4-3-5-13(14)16/h3-6,11-12,17H,2,7-10,16H2,1H3. The van der Waals surface area contributed by atoms with Crippen molar-refractivity contribution >= 4 is 17.3 Å². The molecule has 1 aromatic carbocycles. The molecule has 4 nitrogen and oxygen atoms in total. The van der Waals surface area contributed by atoms with Gasteiger partial charge in [-0.3, -0.25) is 4.79 Å². The van der Waals surface area contributed by atoms with Crippen molar-refractivity contribution in [1.82, 2.24) is 0 Å². The third-order valence-electron chi connectivity index (χ3n) is 3.67. The highest BCUT2D eigenvalue weighted by Gasteiger charge is 2.27. The van der Waals surface area contributed by atoms with Crippen LogP contribution in [-0.4, -0.2) is 18.6 Å². The summed E-state index contributed by atoms with van der Waals surface area (Å²) >= 11 is 0. The molecule has 0 unspecified atom stereocenters. The summed E-state index contributed by atoms with van der Waals surface area (Å²) in [5.74, 6) is 0.0336. The quantitative estimate of drug-likeness (QED) is 0.647. The van der Waals surface area contributed by atoms with Gasteiger partial charge < -0.3 is 15.8 Å². The predicted molar refractivity (Wildman–Crippen MR) is 76.9 cm³/mol. The Morgan fingerprint density at radius 2 is 2.00 bits per heavy atom. The van der Waals surface area contributed by atoms with Crippen LogP contribution in [0.5, 0.6) is 0 Å². The molecule has 2 rings (SSSR count). The number of esters is 1. The molecule has 1 aromatic rings. The minimum absolute atomic E-state index is 0.0415. The van der Waals surface area contributed by atoms with Crippen LogP contribution in [0.15, 0.2) is 24.3 Å². The number of nitrogen functional groups attached to an aromatic ring is 1. The number of ether oxygens (including phenoxy) is 1. The fourth-order valence-corrected chi connectivity index (χ4v) is 2.58. The monoisotopic (exact) mass is 262 g/mol. The Kier molecular flexibility index (Phi) is 4.66. The first kappa shape index (κ1) is 13.7. The highest BCUT2D eigenvalue weighted by molar-refractivity contribution is 5.72. The van der Waals surface area contributed by atoms with E-state index in [-0.39, 0.29) is 11.9 Å². The predicted octanol–water partition coefficient (Wildman–Crippen LogP) is 2.80. The summed E-state index contributed by atoms with van der Waals surface area (Å²) in [5, 5.41) is 3.46. The molecule has 1 saturated carbocycles. The topological polar surface area (TPSA) is 64.3 Å². The van der Waals surface area contributed by atoms with Gasteiger partial charge in [0.25, 0.3) is 0 Å². The summed E-state index contributed by atoms with van der Waals surface area (Å²) in [5.41, 5.74) is 7.68. The van der Waals surface area contributed by atoms with Crippen molar-refractivity contribution in [2.24, 2.45) is 5.92 Å². The van der Waals surface area contributed by atoms with Crippen LogP contribution in [0.4, 0.5) is 11.4 Å². The number of para-hydroxylation sites is 2. The Labute approximate surface area is 114 Å². The molecule has 0 aromatic heterocycles. The highest BCUT2D eigenvalue weighted by atomic mass is 16.5. The van der Waals surface area contributed by atoms with Crippen molar-refractivity contribution in [3.05, 3.63) is 24.3 Å². The van der Waals surface area contributed by atoms with E-state index in [0.29, 0.717) is 12.6 Å². The first-order valence-corrected chi connectivity index (χ1v) is 6.98. The zero-order valence-corrected chi connectivity index (χ0v) is 11.4. The maximum atomic E-state index is 11.7. The first-order valence-electron chi connectivity index (χ1n) is 6.98. The summed E-state index contributed by atoms with van der Waals surface area (Å²) in [6, 6.07) is 8.19. The van der Waals surface area contributed by atoms with Gasteiger partial charge in [-0.05, 0) is 44.7 Å². The largest absolute Gasteiger partial charge is 0.466 e. The lowest BCUT2D eigenvalue weighted by atomic mass is 9.86. The normalized spacial score (nSPS) is 22.8. The number of nitrogens with two attached hydrogens (primary N) is 1. The number of hydrogen-bond acceptors (Lipinski definition) is 4. The zero-order valence-electron chi connectivity index (χ0n) is 11.4. The van der Waals surface area contributed by atoms with E-state index < -0.39 is 0 Å². The number of anilines is 2. The van der Waals surface area contributed by atoms with Gasteiger partial charge in [-0.25, -0.2) is 0 Å². The third kappa shape index (κ3) is 3.63. The van der Waals surface area contributed by atoms with Gasteiger partial charge in [0.2, 0.25) is 0 Å². The Morgan fingerprint density at radius 1 is 1.32 bits per heavy atom. The highest BCUT2D eigenvalue weighted by Crippen LogP contribution is 2.29. The van der Waals surface area contributed by atoms with E-state index in [1.165, 1.54) is 0 Å². The molecule has 1 aliphatic rings. The molecule has 1 aliphatic carbocycles. The van der Waals surface area contributed by atoms with E-state index in [4.69, 9.17) is 10.5 Å². The van der Waals surface area contributed by atoms with Crippen LogP contribution < -0.4 is 11.1 Å². The summed E-state index contributed by atoms with van der Waals surface area (Å²) in [6.07, 6.45) is 3.75. The van der Waals surface area contributed by atoms with Crippen LogP contribution in [0.1, 0.15) is 32.6 Å². The second kappa shape index (κ2) is 6.45. The molecule has 4 heteroatoms. The molecule has 0 atom stereocenters. The molecule has 104 valence electrons. The number of nitrogens with one attached hydrogen (secondary N) is 1. The fourth-order valence-electron chi connectivity index (χ4n) is 2.58. The minimum atomic E-state index is -0.0415. The average Bonchev–Trinajstić information content (AvgIpc) is 2.42. The van der Waals surface area contributed by atoms with Gasteiger partial charge in [0, 0.05) is 6.04 Å². The molecule has 1 fully saturated rings. The first-order chi connectivity index (χ1) is 9.20. The lowest BCUT2D eigenvalue weighted by Gasteiger charge is -2.28. The van der Waals surface area contributed by atoms with Crippen molar-refractivity contribution in [3.8, 4) is 0 Å². The molecule has 3 N–H and O–H groups in total. The van der Waals surface area contributed by atoms with E-state index in [0.717, 1.165) is 37.1 Å². The summed E-state index contributed by atoms with van der Waals surface area (Å²) < 4.78 is 5.07. The smallest absolute Gasteiger partial charge is 0.308 e. The van der Waals surface area contributed by atoms with E-state index in [1.807, 2.05) is 31.2 Å². The molecule has 19 heavy (non-hydrogen) atoms. The fraction of sp³-hybridized carbons (Fsp3) is 0.533. The molecule has 0 spiro atoms. The summed E-state index contributed by atoms with van der Waals surface area (Å²) in [7, 11) is 0. The van der Waals surface area contributed by atoms with Gasteiger partial charge in [-0.15, -0.1) is 0 Å². The number of carbonyl (C=O) groups excluding carboxylic acids is 1.